The van der Waals surface area contributed by atoms with Crippen molar-refractivity contribution < 1.29 is 8.42 Å². The van der Waals surface area contributed by atoms with Crippen molar-refractivity contribution in [3.8, 4) is 0 Å². The summed E-state index contributed by atoms with van der Waals surface area (Å²) in [7, 11) is -3.52. The Morgan fingerprint density at radius 1 is 1.35 bits per heavy atom. The van der Waals surface area contributed by atoms with Gasteiger partial charge in [0.05, 0.1) is 0 Å². The van der Waals surface area contributed by atoms with Crippen molar-refractivity contribution in [3.05, 3.63) is 39.8 Å². The third-order valence-electron chi connectivity index (χ3n) is 2.03. The van der Waals surface area contributed by atoms with Crippen LogP contribution >= 0.6 is 27.3 Å². The molecular weight excluding hydrogens is 324 g/mol. The van der Waals surface area contributed by atoms with Gasteiger partial charge < -0.3 is 0 Å². The fourth-order valence-corrected chi connectivity index (χ4v) is 3.92. The van der Waals surface area contributed by atoms with Crippen molar-refractivity contribution in [1.29, 1.82) is 0 Å². The zero-order valence-electron chi connectivity index (χ0n) is 8.84. The van der Waals surface area contributed by atoms with Crippen molar-refractivity contribution in [2.45, 2.75) is 11.1 Å². The van der Waals surface area contributed by atoms with E-state index in [2.05, 4.69) is 25.6 Å². The van der Waals surface area contributed by atoms with Crippen LogP contribution in [0.4, 0.5) is 5.82 Å². The number of sulfonamides is 1. The summed E-state index contributed by atoms with van der Waals surface area (Å²) < 4.78 is 27.6. The first-order chi connectivity index (χ1) is 7.99. The molecule has 0 amide bonds. The molecule has 90 valence electrons. The molecule has 0 atom stereocenters. The summed E-state index contributed by atoms with van der Waals surface area (Å²) in [5, 5.41) is 1.75. The van der Waals surface area contributed by atoms with Crippen LogP contribution in [0, 0.1) is 6.92 Å². The van der Waals surface area contributed by atoms with E-state index in [1.54, 1.807) is 36.7 Å². The molecule has 1 N–H and O–H groups in total. The number of nitrogens with zero attached hydrogens (tertiary/aromatic N) is 1. The van der Waals surface area contributed by atoms with Crippen molar-refractivity contribution in [1.82, 2.24) is 4.98 Å². The van der Waals surface area contributed by atoms with Gasteiger partial charge in [0.25, 0.3) is 10.0 Å². The Hall–Kier alpha value is -0.920. The zero-order valence-corrected chi connectivity index (χ0v) is 12.1. The van der Waals surface area contributed by atoms with E-state index in [-0.39, 0.29) is 0 Å². The summed E-state index contributed by atoms with van der Waals surface area (Å²) >= 11 is 4.43. The normalized spacial score (nSPS) is 11.4. The fourth-order valence-electron chi connectivity index (χ4n) is 1.25. The first-order valence-corrected chi connectivity index (χ1v) is 7.83. The van der Waals surface area contributed by atoms with Gasteiger partial charge in [-0.1, -0.05) is 0 Å². The van der Waals surface area contributed by atoms with Crippen molar-refractivity contribution in [2.24, 2.45) is 0 Å². The number of aromatic nitrogens is 1. The van der Waals surface area contributed by atoms with Crippen LogP contribution in [0.1, 0.15) is 5.56 Å². The predicted molar refractivity (Wildman–Crippen MR) is 71.8 cm³/mol. The lowest BCUT2D eigenvalue weighted by Gasteiger charge is -2.06. The molecule has 7 heteroatoms. The largest absolute Gasteiger partial charge is 0.272 e. The number of nitrogens with one attached hydrogen (secondary N) is 1. The average molecular weight is 333 g/mol. The summed E-state index contributed by atoms with van der Waals surface area (Å²) in [4.78, 5) is 3.97. The fraction of sp³-hybridized carbons (Fsp3) is 0.100. The van der Waals surface area contributed by atoms with Crippen LogP contribution in [0.3, 0.4) is 0 Å². The quantitative estimate of drug-likeness (QED) is 0.939. The number of aryl methyl sites for hydroxylation is 1. The highest BCUT2D eigenvalue weighted by molar-refractivity contribution is 9.10. The van der Waals surface area contributed by atoms with Gasteiger partial charge in [0.1, 0.15) is 10.0 Å². The molecule has 0 bridgehead atoms. The third-order valence-corrected chi connectivity index (χ3v) is 5.54. The molecule has 4 nitrogen and oxygen atoms in total. The second kappa shape index (κ2) is 4.75. The molecule has 17 heavy (non-hydrogen) atoms. The van der Waals surface area contributed by atoms with Gasteiger partial charge in [0, 0.05) is 10.7 Å². The molecular formula is C10H9BrN2O2S2. The number of thiophene rings is 1. The van der Waals surface area contributed by atoms with Crippen LogP contribution in [0.25, 0.3) is 0 Å². The highest BCUT2D eigenvalue weighted by Crippen LogP contribution is 2.24. The van der Waals surface area contributed by atoms with Crippen LogP contribution < -0.4 is 4.72 Å². The Labute approximate surface area is 112 Å². The zero-order chi connectivity index (χ0) is 12.5. The minimum Gasteiger partial charge on any atom is -0.263 e. The molecule has 0 saturated heterocycles. The number of pyridine rings is 1. The van der Waals surface area contributed by atoms with Crippen molar-refractivity contribution in [3.63, 3.8) is 0 Å². The first-order valence-electron chi connectivity index (χ1n) is 4.67. The molecule has 0 aliphatic rings. The second-order valence-electron chi connectivity index (χ2n) is 3.36. The van der Waals surface area contributed by atoms with Crippen LogP contribution in [0.2, 0.25) is 0 Å². The van der Waals surface area contributed by atoms with E-state index in [0.29, 0.717) is 10.0 Å². The lowest BCUT2D eigenvalue weighted by molar-refractivity contribution is 0.602. The van der Waals surface area contributed by atoms with Crippen LogP contribution in [-0.2, 0) is 10.0 Å². The summed E-state index contributed by atoms with van der Waals surface area (Å²) in [5.41, 5.74) is 0.736. The minimum atomic E-state index is -3.52. The molecule has 0 unspecified atom stereocenters. The molecule has 0 aliphatic heterocycles. The van der Waals surface area contributed by atoms with Gasteiger partial charge in [-0.3, -0.25) is 4.72 Å². The van der Waals surface area contributed by atoms with Gasteiger partial charge in [-0.05, 0) is 52.0 Å². The van der Waals surface area contributed by atoms with E-state index in [9.17, 15) is 8.42 Å². The molecule has 0 saturated carbocycles. The average Bonchev–Trinajstić information content (AvgIpc) is 2.68. The van der Waals surface area contributed by atoms with Crippen molar-refractivity contribution in [2.75, 3.05) is 4.72 Å². The lowest BCUT2D eigenvalue weighted by atomic mass is 10.4. The van der Waals surface area contributed by atoms with Gasteiger partial charge in [-0.2, -0.15) is 0 Å². The summed E-state index contributed by atoms with van der Waals surface area (Å²) in [5.74, 6) is 0.306. The summed E-state index contributed by atoms with van der Waals surface area (Å²) in [6.07, 6.45) is 1.54. The number of rotatable bonds is 3. The number of halogens is 1. The molecule has 0 aromatic carbocycles. The topological polar surface area (TPSA) is 59.1 Å². The van der Waals surface area contributed by atoms with Crippen molar-refractivity contribution >= 4 is 43.1 Å². The maximum absolute atomic E-state index is 12.0. The van der Waals surface area contributed by atoms with Gasteiger partial charge in [0.15, 0.2) is 0 Å². The minimum absolute atomic E-state index is 0.306. The highest BCUT2D eigenvalue weighted by Gasteiger charge is 2.18. The molecule has 2 aromatic heterocycles. The Morgan fingerprint density at radius 3 is 2.65 bits per heavy atom. The maximum Gasteiger partial charge on any atom is 0.272 e. The van der Waals surface area contributed by atoms with Crippen LogP contribution in [-0.4, -0.2) is 13.4 Å². The van der Waals surface area contributed by atoms with Gasteiger partial charge in [-0.25, -0.2) is 13.4 Å². The molecule has 0 radical (unpaired) electrons. The smallest absolute Gasteiger partial charge is 0.263 e. The molecule has 0 aliphatic carbocycles. The van der Waals surface area contributed by atoms with Gasteiger partial charge >= 0.3 is 0 Å². The predicted octanol–water partition coefficient (Wildman–Crippen LogP) is 3.01. The van der Waals surface area contributed by atoms with Crippen LogP contribution in [0.5, 0.6) is 0 Å². The Bertz CT molecular complexity index is 620. The van der Waals surface area contributed by atoms with Gasteiger partial charge in [-0.15, -0.1) is 11.3 Å². The number of hydrogen-bond acceptors (Lipinski definition) is 4. The number of anilines is 1. The van der Waals surface area contributed by atoms with E-state index in [0.717, 1.165) is 10.0 Å². The first kappa shape index (κ1) is 12.5. The summed E-state index contributed by atoms with van der Waals surface area (Å²) in [6.45, 7) is 1.76. The number of hydrogen-bond donors (Lipinski definition) is 1. The molecule has 2 aromatic rings. The highest BCUT2D eigenvalue weighted by atomic mass is 79.9. The summed E-state index contributed by atoms with van der Waals surface area (Å²) in [6, 6.07) is 5.10. The van der Waals surface area contributed by atoms with Crippen LogP contribution in [0.15, 0.2) is 38.5 Å². The Balaban J connectivity index is 2.30. The van der Waals surface area contributed by atoms with Gasteiger partial charge in [0.2, 0.25) is 0 Å². The second-order valence-corrected chi connectivity index (χ2v) is 7.07. The standard InChI is InChI=1S/C10H9BrN2O2S2/c1-7-4-5-16-10(7)17(14,15)13-9-3-2-8(11)6-12-9/h2-6H,1H3,(H,12,13). The SMILES string of the molecule is Cc1ccsc1S(=O)(=O)Nc1ccc(Br)cn1. The van der Waals surface area contributed by atoms with E-state index in [4.69, 9.17) is 0 Å². The van der Waals surface area contributed by atoms with E-state index in [1.807, 2.05) is 0 Å². The van der Waals surface area contributed by atoms with E-state index in [1.165, 1.54) is 11.3 Å². The van der Waals surface area contributed by atoms with E-state index >= 15 is 0 Å². The maximum atomic E-state index is 12.0. The molecule has 2 rings (SSSR count). The third kappa shape index (κ3) is 2.85. The monoisotopic (exact) mass is 332 g/mol. The Kier molecular flexibility index (Phi) is 3.50. The van der Waals surface area contributed by atoms with E-state index < -0.39 is 10.0 Å². The molecule has 2 heterocycles. The Morgan fingerprint density at radius 2 is 2.12 bits per heavy atom. The molecule has 0 spiro atoms. The molecule has 0 fully saturated rings. The lowest BCUT2D eigenvalue weighted by Crippen LogP contribution is -2.13.